The Morgan fingerprint density at radius 1 is 1.04 bits per heavy atom. The van der Waals surface area contributed by atoms with Gasteiger partial charge in [-0.3, -0.25) is 14.6 Å². The third-order valence-electron chi connectivity index (χ3n) is 3.57. The van der Waals surface area contributed by atoms with Gasteiger partial charge in [-0.15, -0.1) is 0 Å². The first-order chi connectivity index (χ1) is 12.1. The minimum Gasteiger partial charge on any atom is -0.466 e. The highest BCUT2D eigenvalue weighted by atomic mass is 35.5. The van der Waals surface area contributed by atoms with Crippen LogP contribution in [0.1, 0.15) is 35.2 Å². The molecule has 0 unspecified atom stereocenters. The highest BCUT2D eigenvalue weighted by Gasteiger charge is 2.06. The molecule has 0 radical (unpaired) electrons. The number of rotatable bonds is 9. The second-order valence-electron chi connectivity index (χ2n) is 5.55. The van der Waals surface area contributed by atoms with Gasteiger partial charge in [-0.05, 0) is 61.2 Å². The van der Waals surface area contributed by atoms with Gasteiger partial charge in [0, 0.05) is 35.9 Å². The molecule has 25 heavy (non-hydrogen) atoms. The number of hydrogen-bond acceptors (Lipinski definition) is 4. The van der Waals surface area contributed by atoms with Crippen molar-refractivity contribution in [2.24, 2.45) is 0 Å². The van der Waals surface area contributed by atoms with Gasteiger partial charge in [-0.25, -0.2) is 0 Å². The number of amides is 1. The first kappa shape index (κ1) is 18.9. The quantitative estimate of drug-likeness (QED) is 0.549. The Labute approximate surface area is 152 Å². The van der Waals surface area contributed by atoms with Crippen LogP contribution in [0.5, 0.6) is 0 Å². The molecule has 1 aromatic heterocycles. The molecule has 0 aliphatic rings. The van der Waals surface area contributed by atoms with E-state index in [0.29, 0.717) is 30.2 Å². The molecule has 6 heteroatoms. The van der Waals surface area contributed by atoms with Crippen molar-refractivity contribution in [1.29, 1.82) is 0 Å². The van der Waals surface area contributed by atoms with Gasteiger partial charge in [0.25, 0.3) is 5.91 Å². The molecule has 1 amide bonds. The molecule has 1 heterocycles. The lowest BCUT2D eigenvalue weighted by Gasteiger charge is -2.06. The first-order valence-electron chi connectivity index (χ1n) is 8.23. The number of ether oxygens (including phenoxy) is 1. The van der Waals surface area contributed by atoms with Crippen LogP contribution in [0.15, 0.2) is 48.8 Å². The Balaban J connectivity index is 1.53. The SMILES string of the molecule is O=C(CCCNC(=O)c1ccc(Cl)cc1)OCCCc1ccncc1. The van der Waals surface area contributed by atoms with Gasteiger partial charge in [0.15, 0.2) is 0 Å². The van der Waals surface area contributed by atoms with Gasteiger partial charge in [0.2, 0.25) is 0 Å². The Kier molecular flexibility index (Phi) is 7.92. The van der Waals surface area contributed by atoms with Crippen LogP contribution in [0.3, 0.4) is 0 Å². The molecule has 0 aliphatic carbocycles. The average molecular weight is 361 g/mol. The molecular weight excluding hydrogens is 340 g/mol. The summed E-state index contributed by atoms with van der Waals surface area (Å²) in [5.41, 5.74) is 1.72. The summed E-state index contributed by atoms with van der Waals surface area (Å²) in [5, 5.41) is 3.35. The molecule has 0 saturated carbocycles. The number of esters is 1. The summed E-state index contributed by atoms with van der Waals surface area (Å²) < 4.78 is 5.19. The van der Waals surface area contributed by atoms with E-state index in [1.54, 1.807) is 36.7 Å². The minimum atomic E-state index is -0.240. The average Bonchev–Trinajstić information content (AvgIpc) is 2.63. The fourth-order valence-corrected chi connectivity index (χ4v) is 2.35. The monoisotopic (exact) mass is 360 g/mol. The molecule has 2 aromatic rings. The molecule has 0 aliphatic heterocycles. The van der Waals surface area contributed by atoms with E-state index in [9.17, 15) is 9.59 Å². The highest BCUT2D eigenvalue weighted by Crippen LogP contribution is 2.09. The predicted molar refractivity (Wildman–Crippen MR) is 96.5 cm³/mol. The van der Waals surface area contributed by atoms with E-state index in [-0.39, 0.29) is 18.3 Å². The van der Waals surface area contributed by atoms with Crippen LogP contribution >= 0.6 is 11.6 Å². The summed E-state index contributed by atoms with van der Waals surface area (Å²) in [5.74, 6) is -0.419. The molecule has 0 spiro atoms. The number of nitrogens with zero attached hydrogens (tertiary/aromatic N) is 1. The lowest BCUT2D eigenvalue weighted by Crippen LogP contribution is -2.25. The van der Waals surface area contributed by atoms with Crippen molar-refractivity contribution < 1.29 is 14.3 Å². The smallest absolute Gasteiger partial charge is 0.305 e. The molecule has 1 aromatic carbocycles. The Morgan fingerprint density at radius 3 is 2.48 bits per heavy atom. The van der Waals surface area contributed by atoms with E-state index in [1.807, 2.05) is 12.1 Å². The van der Waals surface area contributed by atoms with Gasteiger partial charge in [-0.2, -0.15) is 0 Å². The number of halogens is 1. The molecule has 5 nitrogen and oxygen atoms in total. The maximum atomic E-state index is 11.9. The number of hydrogen-bond donors (Lipinski definition) is 1. The number of aryl methyl sites for hydroxylation is 1. The Morgan fingerprint density at radius 2 is 1.76 bits per heavy atom. The number of nitrogens with one attached hydrogen (secondary N) is 1. The van der Waals surface area contributed by atoms with Crippen LogP contribution in [-0.4, -0.2) is 30.0 Å². The van der Waals surface area contributed by atoms with E-state index >= 15 is 0 Å². The van der Waals surface area contributed by atoms with Gasteiger partial charge < -0.3 is 10.1 Å². The van der Waals surface area contributed by atoms with Crippen LogP contribution in [-0.2, 0) is 16.0 Å². The topological polar surface area (TPSA) is 68.3 Å². The molecule has 132 valence electrons. The number of aromatic nitrogens is 1. The zero-order chi connectivity index (χ0) is 17.9. The van der Waals surface area contributed by atoms with Crippen LogP contribution < -0.4 is 5.32 Å². The van der Waals surface area contributed by atoms with E-state index < -0.39 is 0 Å². The largest absolute Gasteiger partial charge is 0.466 e. The third kappa shape index (κ3) is 7.35. The number of pyridine rings is 1. The van der Waals surface area contributed by atoms with Gasteiger partial charge in [0.1, 0.15) is 0 Å². The molecular formula is C19H21ClN2O3. The van der Waals surface area contributed by atoms with Crippen LogP contribution in [0.4, 0.5) is 0 Å². The lowest BCUT2D eigenvalue weighted by atomic mass is 10.1. The van der Waals surface area contributed by atoms with E-state index in [1.165, 1.54) is 5.56 Å². The van der Waals surface area contributed by atoms with Crippen LogP contribution in [0, 0.1) is 0 Å². The number of carbonyl (C=O) groups is 2. The van der Waals surface area contributed by atoms with Crippen molar-refractivity contribution in [2.75, 3.05) is 13.2 Å². The summed E-state index contributed by atoms with van der Waals surface area (Å²) in [6.45, 7) is 0.825. The summed E-state index contributed by atoms with van der Waals surface area (Å²) in [7, 11) is 0. The number of carbonyl (C=O) groups excluding carboxylic acids is 2. The van der Waals surface area contributed by atoms with Crippen molar-refractivity contribution in [3.05, 3.63) is 64.9 Å². The maximum absolute atomic E-state index is 11.9. The number of benzene rings is 1. The van der Waals surface area contributed by atoms with Crippen molar-refractivity contribution in [3.8, 4) is 0 Å². The molecule has 0 bridgehead atoms. The summed E-state index contributed by atoms with van der Waals surface area (Å²) in [6.07, 6.45) is 5.97. The molecule has 0 saturated heterocycles. The predicted octanol–water partition coefficient (Wildman–Crippen LogP) is 3.42. The van der Waals surface area contributed by atoms with E-state index in [4.69, 9.17) is 16.3 Å². The molecule has 1 N–H and O–H groups in total. The van der Waals surface area contributed by atoms with E-state index in [0.717, 1.165) is 12.8 Å². The van der Waals surface area contributed by atoms with Gasteiger partial charge in [0.05, 0.1) is 6.61 Å². The van der Waals surface area contributed by atoms with E-state index in [2.05, 4.69) is 10.3 Å². The second-order valence-corrected chi connectivity index (χ2v) is 5.98. The molecule has 0 fully saturated rings. The summed E-state index contributed by atoms with van der Waals surface area (Å²) in [4.78, 5) is 27.5. The minimum absolute atomic E-state index is 0.178. The normalized spacial score (nSPS) is 10.3. The van der Waals surface area contributed by atoms with Crippen molar-refractivity contribution in [3.63, 3.8) is 0 Å². The van der Waals surface area contributed by atoms with Gasteiger partial charge >= 0.3 is 5.97 Å². The van der Waals surface area contributed by atoms with Crippen molar-refractivity contribution >= 4 is 23.5 Å². The standard InChI is InChI=1S/C19H21ClN2O3/c20-17-7-5-16(6-8-17)19(24)22-11-1-4-18(23)25-14-2-3-15-9-12-21-13-10-15/h5-10,12-13H,1-4,11,14H2,(H,22,24). The Bertz CT molecular complexity index is 675. The third-order valence-corrected chi connectivity index (χ3v) is 3.82. The van der Waals surface area contributed by atoms with Crippen molar-refractivity contribution in [2.45, 2.75) is 25.7 Å². The summed E-state index contributed by atoms with van der Waals surface area (Å²) in [6, 6.07) is 10.6. The Hall–Kier alpha value is -2.40. The molecule has 0 atom stereocenters. The fraction of sp³-hybridized carbons (Fsp3) is 0.316. The lowest BCUT2D eigenvalue weighted by molar-refractivity contribution is -0.143. The van der Waals surface area contributed by atoms with Gasteiger partial charge in [-0.1, -0.05) is 11.6 Å². The second kappa shape index (κ2) is 10.5. The zero-order valence-corrected chi connectivity index (χ0v) is 14.7. The maximum Gasteiger partial charge on any atom is 0.305 e. The van der Waals surface area contributed by atoms with Crippen molar-refractivity contribution in [1.82, 2.24) is 10.3 Å². The molecule has 2 rings (SSSR count). The first-order valence-corrected chi connectivity index (χ1v) is 8.61. The highest BCUT2D eigenvalue weighted by molar-refractivity contribution is 6.30. The van der Waals surface area contributed by atoms with Crippen LogP contribution in [0.25, 0.3) is 0 Å². The van der Waals surface area contributed by atoms with Crippen LogP contribution in [0.2, 0.25) is 5.02 Å². The fourth-order valence-electron chi connectivity index (χ4n) is 2.22. The zero-order valence-electron chi connectivity index (χ0n) is 13.9. The summed E-state index contributed by atoms with van der Waals surface area (Å²) >= 11 is 5.78.